The maximum atomic E-state index is 11.2. The van der Waals surface area contributed by atoms with Crippen LogP contribution in [0.5, 0.6) is 0 Å². The lowest BCUT2D eigenvalue weighted by Crippen LogP contribution is -2.43. The monoisotopic (exact) mass is 213 g/mol. The normalized spacial score (nSPS) is 9.57. The molecule has 0 spiro atoms. The van der Waals surface area contributed by atoms with Crippen molar-refractivity contribution in [3.05, 3.63) is 22.4 Å². The number of carbonyl (C=O) groups excluding carboxylic acids is 2. The highest BCUT2D eigenvalue weighted by Crippen LogP contribution is 2.10. The number of carbonyl (C=O) groups is 2. The number of nitrogens with two attached hydrogens (primary N) is 1. The number of amides is 2. The molecule has 6 heteroatoms. The maximum absolute atomic E-state index is 11.2. The molecule has 1 aromatic heterocycles. The summed E-state index contributed by atoms with van der Waals surface area (Å²) in [6.45, 7) is 0.421. The molecule has 0 fully saturated rings. The van der Waals surface area contributed by atoms with E-state index in [1.54, 1.807) is 12.5 Å². The molecule has 0 saturated carbocycles. The second-order valence-corrected chi connectivity index (χ2v) is 3.75. The Balaban J connectivity index is 2.54. The SMILES string of the molecule is CN(Cc1cccs1)C(=O)C(=O)NN. The van der Waals surface area contributed by atoms with Crippen molar-refractivity contribution in [3.8, 4) is 0 Å². The lowest BCUT2D eigenvalue weighted by atomic mass is 10.4. The summed E-state index contributed by atoms with van der Waals surface area (Å²) in [4.78, 5) is 24.4. The van der Waals surface area contributed by atoms with E-state index in [2.05, 4.69) is 0 Å². The third-order valence-corrected chi connectivity index (χ3v) is 2.51. The number of hydrogen-bond acceptors (Lipinski definition) is 4. The van der Waals surface area contributed by atoms with Gasteiger partial charge in [0.2, 0.25) is 0 Å². The van der Waals surface area contributed by atoms with E-state index >= 15 is 0 Å². The van der Waals surface area contributed by atoms with E-state index in [4.69, 9.17) is 5.84 Å². The van der Waals surface area contributed by atoms with Gasteiger partial charge in [0.1, 0.15) is 0 Å². The van der Waals surface area contributed by atoms with E-state index < -0.39 is 11.8 Å². The summed E-state index contributed by atoms with van der Waals surface area (Å²) in [6.07, 6.45) is 0. The molecular weight excluding hydrogens is 202 g/mol. The van der Waals surface area contributed by atoms with Gasteiger partial charge in [-0.3, -0.25) is 15.0 Å². The second-order valence-electron chi connectivity index (χ2n) is 2.71. The van der Waals surface area contributed by atoms with Gasteiger partial charge in [-0.15, -0.1) is 11.3 Å². The van der Waals surface area contributed by atoms with Crippen LogP contribution in [0.15, 0.2) is 17.5 Å². The van der Waals surface area contributed by atoms with Gasteiger partial charge in [-0.25, -0.2) is 5.84 Å². The first kappa shape index (κ1) is 10.7. The Hall–Kier alpha value is -1.40. The molecule has 1 aromatic rings. The number of nitrogens with zero attached hydrogens (tertiary/aromatic N) is 1. The van der Waals surface area contributed by atoms with Crippen molar-refractivity contribution in [1.82, 2.24) is 10.3 Å². The lowest BCUT2D eigenvalue weighted by molar-refractivity contribution is -0.145. The molecular formula is C8H11N3O2S. The van der Waals surface area contributed by atoms with Gasteiger partial charge in [0.05, 0.1) is 6.54 Å². The highest BCUT2D eigenvalue weighted by Gasteiger charge is 2.17. The van der Waals surface area contributed by atoms with Gasteiger partial charge in [-0.05, 0) is 11.4 Å². The van der Waals surface area contributed by atoms with Gasteiger partial charge in [0, 0.05) is 11.9 Å². The highest BCUT2D eigenvalue weighted by molar-refractivity contribution is 7.09. The van der Waals surface area contributed by atoms with Crippen LogP contribution in [0.3, 0.4) is 0 Å². The zero-order chi connectivity index (χ0) is 10.6. The Bertz CT molecular complexity index is 323. The van der Waals surface area contributed by atoms with Gasteiger partial charge in [0.15, 0.2) is 0 Å². The molecule has 0 bridgehead atoms. The van der Waals surface area contributed by atoms with Crippen LogP contribution in [-0.4, -0.2) is 23.8 Å². The zero-order valence-corrected chi connectivity index (χ0v) is 8.50. The number of likely N-dealkylation sites (N-methyl/N-ethyl adjacent to an activating group) is 1. The molecule has 0 saturated heterocycles. The molecule has 2 amide bonds. The molecule has 0 radical (unpaired) electrons. The molecule has 0 aliphatic heterocycles. The average molecular weight is 213 g/mol. The lowest BCUT2D eigenvalue weighted by Gasteiger charge is -2.14. The van der Waals surface area contributed by atoms with Crippen LogP contribution in [0.1, 0.15) is 4.88 Å². The zero-order valence-electron chi connectivity index (χ0n) is 7.69. The van der Waals surface area contributed by atoms with Crippen molar-refractivity contribution in [1.29, 1.82) is 0 Å². The Kier molecular flexibility index (Phi) is 3.61. The quantitative estimate of drug-likeness (QED) is 0.306. The number of thiophene rings is 1. The van der Waals surface area contributed by atoms with Crippen LogP contribution in [0.4, 0.5) is 0 Å². The number of rotatable bonds is 2. The first-order chi connectivity index (χ1) is 6.65. The molecule has 0 atom stereocenters. The maximum Gasteiger partial charge on any atom is 0.323 e. The predicted molar refractivity (Wildman–Crippen MR) is 53.1 cm³/mol. The fourth-order valence-electron chi connectivity index (χ4n) is 0.943. The first-order valence-electron chi connectivity index (χ1n) is 3.93. The molecule has 0 aromatic carbocycles. The fourth-order valence-corrected chi connectivity index (χ4v) is 1.70. The van der Waals surface area contributed by atoms with Crippen LogP contribution in [-0.2, 0) is 16.1 Å². The summed E-state index contributed by atoms with van der Waals surface area (Å²) in [6, 6.07) is 3.79. The summed E-state index contributed by atoms with van der Waals surface area (Å²) in [7, 11) is 1.55. The average Bonchev–Trinajstić information content (AvgIpc) is 2.68. The summed E-state index contributed by atoms with van der Waals surface area (Å²) < 4.78 is 0. The second kappa shape index (κ2) is 4.73. The number of hydrazine groups is 1. The molecule has 0 aliphatic rings. The Morgan fingerprint density at radius 3 is 2.86 bits per heavy atom. The fraction of sp³-hybridized carbons (Fsp3) is 0.250. The largest absolute Gasteiger partial charge is 0.332 e. The molecule has 5 nitrogen and oxygen atoms in total. The molecule has 76 valence electrons. The number of hydrogen-bond donors (Lipinski definition) is 2. The summed E-state index contributed by atoms with van der Waals surface area (Å²) >= 11 is 1.53. The molecule has 14 heavy (non-hydrogen) atoms. The van der Waals surface area contributed by atoms with Crippen molar-refractivity contribution in [2.24, 2.45) is 5.84 Å². The van der Waals surface area contributed by atoms with E-state index in [-0.39, 0.29) is 0 Å². The smallest absolute Gasteiger partial charge is 0.323 e. The van der Waals surface area contributed by atoms with E-state index in [1.807, 2.05) is 17.5 Å². The minimum atomic E-state index is -0.802. The van der Waals surface area contributed by atoms with Crippen molar-refractivity contribution in [3.63, 3.8) is 0 Å². The summed E-state index contributed by atoms with van der Waals surface area (Å²) in [5.74, 6) is 3.40. The first-order valence-corrected chi connectivity index (χ1v) is 4.81. The third-order valence-electron chi connectivity index (χ3n) is 1.65. The van der Waals surface area contributed by atoms with Gasteiger partial charge >= 0.3 is 11.8 Å². The Morgan fingerprint density at radius 2 is 2.36 bits per heavy atom. The van der Waals surface area contributed by atoms with E-state index in [9.17, 15) is 9.59 Å². The van der Waals surface area contributed by atoms with Gasteiger partial charge in [-0.1, -0.05) is 6.07 Å². The van der Waals surface area contributed by atoms with Crippen molar-refractivity contribution < 1.29 is 9.59 Å². The van der Waals surface area contributed by atoms with Crippen molar-refractivity contribution in [2.45, 2.75) is 6.54 Å². The van der Waals surface area contributed by atoms with Crippen LogP contribution in [0, 0.1) is 0 Å². The predicted octanol–water partition coefficient (Wildman–Crippen LogP) is -0.304. The molecule has 0 aliphatic carbocycles. The van der Waals surface area contributed by atoms with Crippen LogP contribution >= 0.6 is 11.3 Å². The van der Waals surface area contributed by atoms with Crippen LogP contribution in [0.25, 0.3) is 0 Å². The summed E-state index contributed by atoms with van der Waals surface area (Å²) in [5, 5.41) is 1.91. The minimum Gasteiger partial charge on any atom is -0.332 e. The van der Waals surface area contributed by atoms with E-state index in [1.165, 1.54) is 16.2 Å². The van der Waals surface area contributed by atoms with E-state index in [0.29, 0.717) is 6.54 Å². The molecule has 3 N–H and O–H groups in total. The highest BCUT2D eigenvalue weighted by atomic mass is 32.1. The molecule has 1 heterocycles. The van der Waals surface area contributed by atoms with Crippen LogP contribution in [0.2, 0.25) is 0 Å². The Morgan fingerprint density at radius 1 is 1.64 bits per heavy atom. The van der Waals surface area contributed by atoms with Gasteiger partial charge in [0.25, 0.3) is 0 Å². The van der Waals surface area contributed by atoms with Crippen LogP contribution < -0.4 is 11.3 Å². The number of nitrogens with one attached hydrogen (secondary N) is 1. The topological polar surface area (TPSA) is 75.4 Å². The van der Waals surface area contributed by atoms with E-state index in [0.717, 1.165) is 4.88 Å². The van der Waals surface area contributed by atoms with Crippen molar-refractivity contribution in [2.75, 3.05) is 7.05 Å². The minimum absolute atomic E-state index is 0.421. The Labute approximate surface area is 85.5 Å². The summed E-state index contributed by atoms with van der Waals surface area (Å²) in [5.41, 5.74) is 1.80. The third kappa shape index (κ3) is 2.54. The van der Waals surface area contributed by atoms with Crippen molar-refractivity contribution >= 4 is 23.2 Å². The van der Waals surface area contributed by atoms with Gasteiger partial charge in [-0.2, -0.15) is 0 Å². The van der Waals surface area contributed by atoms with Gasteiger partial charge < -0.3 is 4.90 Å². The molecule has 0 unspecified atom stereocenters. The standard InChI is InChI=1S/C8H11N3O2S/c1-11(8(13)7(12)10-9)5-6-3-2-4-14-6/h2-4H,5,9H2,1H3,(H,10,12). The molecule has 1 rings (SSSR count).